The first kappa shape index (κ1) is 33.7. The Morgan fingerprint density at radius 1 is 1.00 bits per heavy atom. The number of anilines is 5. The Hall–Kier alpha value is -4.77. The lowest BCUT2D eigenvalue weighted by atomic mass is 9.95. The second-order valence-electron chi connectivity index (χ2n) is 10.4. The van der Waals surface area contributed by atoms with E-state index in [-0.39, 0.29) is 17.8 Å². The zero-order valence-corrected chi connectivity index (χ0v) is 26.4. The van der Waals surface area contributed by atoms with E-state index in [0.717, 1.165) is 18.0 Å². The van der Waals surface area contributed by atoms with Crippen LogP contribution in [0, 0.1) is 0 Å². The van der Waals surface area contributed by atoms with Crippen molar-refractivity contribution in [3.8, 4) is 0 Å². The van der Waals surface area contributed by atoms with Gasteiger partial charge in [0.15, 0.2) is 5.65 Å². The Bertz CT molecular complexity index is 1520. The molecule has 2 aromatic carbocycles. The Morgan fingerprint density at radius 2 is 1.68 bits per heavy atom. The summed E-state index contributed by atoms with van der Waals surface area (Å²) in [6.45, 7) is 9.42. The van der Waals surface area contributed by atoms with Crippen LogP contribution < -0.4 is 21.7 Å². The third-order valence-electron chi connectivity index (χ3n) is 7.12. The summed E-state index contributed by atoms with van der Waals surface area (Å²) in [4.78, 5) is 34.9. The Morgan fingerprint density at radius 3 is 2.30 bits per heavy atom. The lowest BCUT2D eigenvalue weighted by Crippen LogP contribution is -2.29. The van der Waals surface area contributed by atoms with Crippen molar-refractivity contribution in [2.24, 2.45) is 0 Å². The van der Waals surface area contributed by atoms with E-state index in [0.29, 0.717) is 34.2 Å². The van der Waals surface area contributed by atoms with E-state index in [1.165, 1.54) is 38.2 Å². The molecule has 5 N–H and O–H groups in total. The van der Waals surface area contributed by atoms with Crippen LogP contribution >= 0.6 is 0 Å². The number of hydrogen-bond acceptors (Lipinski definition) is 8. The molecule has 2 aromatic heterocycles. The molecule has 0 radical (unpaired) electrons. The number of fused-ring (bicyclic) bond motifs is 1. The molecule has 1 aliphatic carbocycles. The van der Waals surface area contributed by atoms with E-state index in [1.807, 2.05) is 26.8 Å². The van der Waals surface area contributed by atoms with Crippen LogP contribution in [-0.2, 0) is 11.2 Å². The highest BCUT2D eigenvalue weighted by atomic mass is 16.2. The first-order chi connectivity index (χ1) is 21.3. The molecule has 4 aromatic rings. The fourth-order valence-electron chi connectivity index (χ4n) is 4.77. The summed E-state index contributed by atoms with van der Waals surface area (Å²) < 4.78 is 1.59. The maximum atomic E-state index is 12.6. The highest BCUT2D eigenvalue weighted by molar-refractivity contribution is 6.05. The molecule has 234 valence electrons. The van der Waals surface area contributed by atoms with Gasteiger partial charge in [-0.15, -0.1) is 0 Å². The first-order valence-corrected chi connectivity index (χ1v) is 15.2. The van der Waals surface area contributed by atoms with E-state index < -0.39 is 0 Å². The number of hydrogen-bond donors (Lipinski definition) is 4. The largest absolute Gasteiger partial charge is 0.368 e. The zero-order valence-electron chi connectivity index (χ0n) is 26.4. The number of aryl methyl sites for hydroxylation is 1. The highest BCUT2D eigenvalue weighted by Gasteiger charge is 2.14. The van der Waals surface area contributed by atoms with Gasteiger partial charge in [-0.1, -0.05) is 52.7 Å². The van der Waals surface area contributed by atoms with Gasteiger partial charge in [-0.05, 0) is 81.9 Å². The summed E-state index contributed by atoms with van der Waals surface area (Å²) in [7, 11) is 4.38. The summed E-state index contributed by atoms with van der Waals surface area (Å²) in [5.41, 5.74) is 9.77. The predicted molar refractivity (Wildman–Crippen MR) is 179 cm³/mol. The molecule has 0 aliphatic heterocycles. The Kier molecular flexibility index (Phi) is 12.8. The summed E-state index contributed by atoms with van der Waals surface area (Å²) in [6, 6.07) is 14.6. The second kappa shape index (κ2) is 16.8. The van der Waals surface area contributed by atoms with Gasteiger partial charge in [0.05, 0.1) is 6.20 Å². The van der Waals surface area contributed by atoms with Crippen LogP contribution in [-0.4, -0.2) is 56.4 Å². The van der Waals surface area contributed by atoms with Crippen molar-refractivity contribution in [2.75, 3.05) is 35.8 Å². The van der Waals surface area contributed by atoms with Gasteiger partial charge in [-0.2, -0.15) is 19.6 Å². The zero-order chi connectivity index (χ0) is 32.1. The maximum Gasteiger partial charge on any atom is 0.255 e. The highest BCUT2D eigenvalue weighted by Crippen LogP contribution is 2.22. The fourth-order valence-corrected chi connectivity index (χ4v) is 4.77. The molecule has 0 spiro atoms. The average Bonchev–Trinajstić information content (AvgIpc) is 3.46. The minimum Gasteiger partial charge on any atom is -0.368 e. The van der Waals surface area contributed by atoms with Crippen molar-refractivity contribution in [3.63, 3.8) is 0 Å². The number of carbonyl (C=O) groups is 2. The molecule has 5 rings (SSSR count). The average molecular weight is 600 g/mol. The first-order valence-electron chi connectivity index (χ1n) is 15.2. The minimum absolute atomic E-state index is 0.136. The number of nitrogens with zero attached hydrogens (tertiary/aromatic N) is 5. The number of carbonyl (C=O) groups excluding carboxylic acids is 2. The van der Waals surface area contributed by atoms with Gasteiger partial charge in [-0.25, -0.2) is 0 Å². The van der Waals surface area contributed by atoms with E-state index in [4.69, 9.17) is 5.73 Å². The number of nitrogens with two attached hydrogens (primary N) is 1. The lowest BCUT2D eigenvalue weighted by molar-refractivity contribution is -0.111. The smallest absolute Gasteiger partial charge is 0.255 e. The number of nitrogens with one attached hydrogen (secondary N) is 3. The van der Waals surface area contributed by atoms with Crippen molar-refractivity contribution in [2.45, 2.75) is 65.3 Å². The normalized spacial score (nSPS) is 12.8. The minimum atomic E-state index is -0.319. The number of aromatic nitrogens is 4. The number of rotatable bonds is 8. The molecule has 44 heavy (non-hydrogen) atoms. The molecular weight excluding hydrogens is 554 g/mol. The van der Waals surface area contributed by atoms with Crippen molar-refractivity contribution in [1.29, 1.82) is 0 Å². The van der Waals surface area contributed by atoms with E-state index in [2.05, 4.69) is 56.6 Å². The van der Waals surface area contributed by atoms with E-state index in [9.17, 15) is 9.59 Å². The van der Waals surface area contributed by atoms with Crippen LogP contribution in [0.5, 0.6) is 0 Å². The molecule has 1 fully saturated rings. The van der Waals surface area contributed by atoms with Gasteiger partial charge in [0.2, 0.25) is 17.8 Å². The van der Waals surface area contributed by atoms with E-state index in [1.54, 1.807) is 53.2 Å². The van der Waals surface area contributed by atoms with Gasteiger partial charge < -0.3 is 26.6 Å². The van der Waals surface area contributed by atoms with E-state index >= 15 is 0 Å². The molecule has 11 nitrogen and oxygen atoms in total. The lowest BCUT2D eigenvalue weighted by Gasteiger charge is -2.27. The molecule has 0 bridgehead atoms. The predicted octanol–water partition coefficient (Wildman–Crippen LogP) is 6.30. The quantitative estimate of drug-likeness (QED) is 0.173. The molecule has 1 aliphatic rings. The van der Waals surface area contributed by atoms with Crippen molar-refractivity contribution >= 4 is 46.4 Å². The van der Waals surface area contributed by atoms with Crippen LogP contribution in [0.3, 0.4) is 0 Å². The maximum absolute atomic E-state index is 12.6. The van der Waals surface area contributed by atoms with Crippen LogP contribution in [0.2, 0.25) is 0 Å². The number of amides is 2. The monoisotopic (exact) mass is 599 g/mol. The van der Waals surface area contributed by atoms with Crippen molar-refractivity contribution in [3.05, 3.63) is 78.5 Å². The molecule has 0 unspecified atom stereocenters. The molecule has 11 heteroatoms. The SMILES string of the molecule is C=CC(=O)Nc1ccc(C(=O)Nc2cccc(Nc3nc(N)nc4c(CC)cnn34)c2)cc1.CC.CN(C)C1CCCCC1. The topological polar surface area (TPSA) is 143 Å². The summed E-state index contributed by atoms with van der Waals surface area (Å²) in [5, 5.41) is 13.0. The third kappa shape index (κ3) is 9.37. The van der Waals surface area contributed by atoms with Crippen LogP contribution in [0.25, 0.3) is 5.65 Å². The van der Waals surface area contributed by atoms with Crippen LogP contribution in [0.1, 0.15) is 68.8 Å². The van der Waals surface area contributed by atoms with Crippen molar-refractivity contribution < 1.29 is 9.59 Å². The number of nitrogen functional groups attached to an aromatic ring is 1. The summed E-state index contributed by atoms with van der Waals surface area (Å²) in [5.74, 6) is -0.0578. The molecule has 0 atom stereocenters. The Balaban J connectivity index is 0.000000409. The van der Waals surface area contributed by atoms with Gasteiger partial charge in [0.25, 0.3) is 5.91 Å². The van der Waals surface area contributed by atoms with Crippen LogP contribution in [0.15, 0.2) is 67.4 Å². The summed E-state index contributed by atoms with van der Waals surface area (Å²) >= 11 is 0. The van der Waals surface area contributed by atoms with Gasteiger partial charge >= 0.3 is 0 Å². The van der Waals surface area contributed by atoms with Crippen molar-refractivity contribution in [1.82, 2.24) is 24.5 Å². The number of benzene rings is 2. The standard InChI is InChI=1S/C23H22N8O2.C8H17N.C2H6/c1-3-14-13-25-31-20(14)29-22(24)30-23(31)28-18-7-5-6-17(12-18)27-21(33)15-8-10-16(11-9-15)26-19(32)4-2;1-9(2)8-6-4-3-5-7-8;1-2/h4-13H,2-3H2,1H3,(H,26,32)(H,27,33)(H3,24,28,29,30);8H,3-7H2,1-2H3;1-2H3. The molecule has 2 heterocycles. The molecule has 2 amide bonds. The third-order valence-corrected chi connectivity index (χ3v) is 7.12. The van der Waals surface area contributed by atoms with Crippen LogP contribution in [0.4, 0.5) is 29.0 Å². The van der Waals surface area contributed by atoms with Gasteiger partial charge in [0, 0.05) is 34.2 Å². The van der Waals surface area contributed by atoms with Gasteiger partial charge in [0.1, 0.15) is 0 Å². The Labute approximate surface area is 260 Å². The fraction of sp³-hybridized carbons (Fsp3) is 0.364. The molecule has 1 saturated carbocycles. The van der Waals surface area contributed by atoms with Gasteiger partial charge in [-0.3, -0.25) is 9.59 Å². The molecule has 0 saturated heterocycles. The summed E-state index contributed by atoms with van der Waals surface area (Å²) in [6.07, 6.45) is 10.9. The second-order valence-corrected chi connectivity index (χ2v) is 10.4. The molecular formula is C33H45N9O2.